The zero-order valence-corrected chi connectivity index (χ0v) is 10.1. The summed E-state index contributed by atoms with van der Waals surface area (Å²) in [5, 5.41) is 9.08. The van der Waals surface area contributed by atoms with Crippen LogP contribution in [-0.2, 0) is 14.3 Å². The van der Waals surface area contributed by atoms with E-state index in [9.17, 15) is 4.79 Å². The van der Waals surface area contributed by atoms with Gasteiger partial charge in [-0.15, -0.1) is 0 Å². The molecule has 0 amide bonds. The van der Waals surface area contributed by atoms with Crippen molar-refractivity contribution in [3.8, 4) is 0 Å². The van der Waals surface area contributed by atoms with Gasteiger partial charge in [0.2, 0.25) is 0 Å². The van der Waals surface area contributed by atoms with Gasteiger partial charge in [0.05, 0.1) is 6.61 Å². The van der Waals surface area contributed by atoms with Crippen molar-refractivity contribution in [2.24, 2.45) is 5.92 Å². The third kappa shape index (κ3) is 5.74. The molecule has 0 aromatic heterocycles. The summed E-state index contributed by atoms with van der Waals surface area (Å²) in [5.41, 5.74) is -1.07. The van der Waals surface area contributed by atoms with Crippen LogP contribution in [0.4, 0.5) is 0 Å². The SMILES string of the molecule is COCCCOC(C)(CC(C)C)C(=O)O. The zero-order valence-electron chi connectivity index (χ0n) is 10.1. The van der Waals surface area contributed by atoms with Crippen LogP contribution in [0.1, 0.15) is 33.6 Å². The van der Waals surface area contributed by atoms with Crippen LogP contribution in [-0.4, -0.2) is 37.0 Å². The van der Waals surface area contributed by atoms with Crippen LogP contribution in [0.25, 0.3) is 0 Å². The van der Waals surface area contributed by atoms with Crippen LogP contribution in [0, 0.1) is 5.92 Å². The molecular weight excluding hydrogens is 196 g/mol. The Kier molecular flexibility index (Phi) is 6.52. The number of ether oxygens (including phenoxy) is 2. The molecule has 0 aromatic rings. The van der Waals surface area contributed by atoms with Gasteiger partial charge in [-0.05, 0) is 25.7 Å². The highest BCUT2D eigenvalue weighted by Gasteiger charge is 2.34. The van der Waals surface area contributed by atoms with E-state index in [0.29, 0.717) is 25.6 Å². The molecule has 0 spiro atoms. The first-order valence-electron chi connectivity index (χ1n) is 5.28. The van der Waals surface area contributed by atoms with Gasteiger partial charge in [0.25, 0.3) is 0 Å². The molecule has 0 aromatic carbocycles. The predicted octanol–water partition coefficient (Wildman–Crippen LogP) is 1.93. The van der Waals surface area contributed by atoms with Crippen molar-refractivity contribution < 1.29 is 19.4 Å². The molecule has 1 unspecified atom stereocenters. The van der Waals surface area contributed by atoms with Crippen LogP contribution in [0.3, 0.4) is 0 Å². The average molecular weight is 218 g/mol. The van der Waals surface area contributed by atoms with E-state index < -0.39 is 11.6 Å². The number of hydrogen-bond donors (Lipinski definition) is 1. The highest BCUT2D eigenvalue weighted by atomic mass is 16.5. The topological polar surface area (TPSA) is 55.8 Å². The standard InChI is InChI=1S/C11H22O4/c1-9(2)8-11(3,10(12)13)15-7-5-6-14-4/h9H,5-8H2,1-4H3,(H,12,13). The second kappa shape index (κ2) is 6.80. The summed E-state index contributed by atoms with van der Waals surface area (Å²) in [5.74, 6) is -0.595. The molecule has 0 bridgehead atoms. The maximum absolute atomic E-state index is 11.1. The lowest BCUT2D eigenvalue weighted by molar-refractivity contribution is -0.166. The molecule has 0 rings (SSSR count). The predicted molar refractivity (Wildman–Crippen MR) is 57.9 cm³/mol. The van der Waals surface area contributed by atoms with E-state index >= 15 is 0 Å². The molecule has 0 aliphatic heterocycles. The minimum absolute atomic E-state index is 0.300. The first-order chi connectivity index (χ1) is 6.92. The first-order valence-corrected chi connectivity index (χ1v) is 5.28. The number of methoxy groups -OCH3 is 1. The lowest BCUT2D eigenvalue weighted by Crippen LogP contribution is -2.40. The van der Waals surface area contributed by atoms with Gasteiger partial charge in [0, 0.05) is 13.7 Å². The summed E-state index contributed by atoms with van der Waals surface area (Å²) in [6, 6.07) is 0. The summed E-state index contributed by atoms with van der Waals surface area (Å²) in [7, 11) is 1.62. The van der Waals surface area contributed by atoms with Gasteiger partial charge in [0.15, 0.2) is 5.60 Å². The number of rotatable bonds is 8. The minimum Gasteiger partial charge on any atom is -0.479 e. The summed E-state index contributed by atoms with van der Waals surface area (Å²) in [6.07, 6.45) is 1.24. The van der Waals surface area contributed by atoms with Gasteiger partial charge in [-0.1, -0.05) is 13.8 Å². The number of aliphatic carboxylic acids is 1. The fraction of sp³-hybridized carbons (Fsp3) is 0.909. The second-order valence-corrected chi connectivity index (χ2v) is 4.33. The Morgan fingerprint density at radius 1 is 1.40 bits per heavy atom. The highest BCUT2D eigenvalue weighted by Crippen LogP contribution is 2.21. The second-order valence-electron chi connectivity index (χ2n) is 4.33. The molecule has 4 heteroatoms. The number of carboxylic acid groups (broad SMARTS) is 1. The van der Waals surface area contributed by atoms with E-state index in [4.69, 9.17) is 14.6 Å². The smallest absolute Gasteiger partial charge is 0.335 e. The molecule has 0 fully saturated rings. The van der Waals surface area contributed by atoms with Crippen LogP contribution in [0.2, 0.25) is 0 Å². The summed E-state index contributed by atoms with van der Waals surface area (Å²) in [4.78, 5) is 11.1. The summed E-state index contributed by atoms with van der Waals surface area (Å²) in [6.45, 7) is 6.61. The largest absolute Gasteiger partial charge is 0.479 e. The van der Waals surface area contributed by atoms with Crippen LogP contribution in [0.15, 0.2) is 0 Å². The van der Waals surface area contributed by atoms with Gasteiger partial charge in [-0.2, -0.15) is 0 Å². The molecule has 0 saturated heterocycles. The van der Waals surface area contributed by atoms with Gasteiger partial charge in [-0.3, -0.25) is 0 Å². The minimum atomic E-state index is -1.07. The molecule has 15 heavy (non-hydrogen) atoms. The van der Waals surface area contributed by atoms with Crippen LogP contribution < -0.4 is 0 Å². The van der Waals surface area contributed by atoms with Crippen molar-refractivity contribution >= 4 is 5.97 Å². The van der Waals surface area contributed by atoms with Crippen molar-refractivity contribution in [2.75, 3.05) is 20.3 Å². The number of carbonyl (C=O) groups is 1. The number of carboxylic acids is 1. The molecule has 0 saturated carbocycles. The Hall–Kier alpha value is -0.610. The van der Waals surface area contributed by atoms with E-state index in [1.54, 1.807) is 14.0 Å². The maximum atomic E-state index is 11.1. The summed E-state index contributed by atoms with van der Waals surface area (Å²) < 4.78 is 10.3. The van der Waals surface area contributed by atoms with E-state index in [1.807, 2.05) is 13.8 Å². The van der Waals surface area contributed by atoms with Crippen molar-refractivity contribution in [1.29, 1.82) is 0 Å². The van der Waals surface area contributed by atoms with Gasteiger partial charge < -0.3 is 14.6 Å². The Morgan fingerprint density at radius 2 is 2.00 bits per heavy atom. The molecule has 90 valence electrons. The number of hydrogen-bond acceptors (Lipinski definition) is 3. The van der Waals surface area contributed by atoms with Gasteiger partial charge in [-0.25, -0.2) is 4.79 Å². The normalized spacial score (nSPS) is 15.3. The Morgan fingerprint density at radius 3 is 2.40 bits per heavy atom. The third-order valence-electron chi connectivity index (χ3n) is 2.16. The first kappa shape index (κ1) is 14.4. The third-order valence-corrected chi connectivity index (χ3v) is 2.16. The molecule has 1 atom stereocenters. The molecule has 0 aliphatic rings. The molecule has 4 nitrogen and oxygen atoms in total. The average Bonchev–Trinajstić information content (AvgIpc) is 2.11. The molecule has 0 aliphatic carbocycles. The quantitative estimate of drug-likeness (QED) is 0.632. The lowest BCUT2D eigenvalue weighted by Gasteiger charge is -2.27. The Labute approximate surface area is 91.6 Å². The van der Waals surface area contributed by atoms with Crippen molar-refractivity contribution in [1.82, 2.24) is 0 Å². The van der Waals surface area contributed by atoms with E-state index in [2.05, 4.69) is 0 Å². The molecule has 0 radical (unpaired) electrons. The van der Waals surface area contributed by atoms with Crippen molar-refractivity contribution in [3.63, 3.8) is 0 Å². The van der Waals surface area contributed by atoms with Crippen molar-refractivity contribution in [3.05, 3.63) is 0 Å². The molecule has 1 N–H and O–H groups in total. The monoisotopic (exact) mass is 218 g/mol. The van der Waals surface area contributed by atoms with Gasteiger partial charge in [0.1, 0.15) is 0 Å². The lowest BCUT2D eigenvalue weighted by atomic mass is 9.94. The van der Waals surface area contributed by atoms with Crippen LogP contribution >= 0.6 is 0 Å². The van der Waals surface area contributed by atoms with E-state index in [0.717, 1.165) is 6.42 Å². The highest BCUT2D eigenvalue weighted by molar-refractivity contribution is 5.76. The molecular formula is C11H22O4. The van der Waals surface area contributed by atoms with Crippen LogP contribution in [0.5, 0.6) is 0 Å². The van der Waals surface area contributed by atoms with Gasteiger partial charge >= 0.3 is 5.97 Å². The Balaban J connectivity index is 4.08. The summed E-state index contributed by atoms with van der Waals surface area (Å²) >= 11 is 0. The molecule has 0 heterocycles. The van der Waals surface area contributed by atoms with E-state index in [-0.39, 0.29) is 0 Å². The Bertz CT molecular complexity index is 191. The van der Waals surface area contributed by atoms with E-state index in [1.165, 1.54) is 0 Å². The maximum Gasteiger partial charge on any atom is 0.335 e. The fourth-order valence-corrected chi connectivity index (χ4v) is 1.49. The fourth-order valence-electron chi connectivity index (χ4n) is 1.49. The zero-order chi connectivity index (χ0) is 11.9. The van der Waals surface area contributed by atoms with Crippen molar-refractivity contribution in [2.45, 2.75) is 39.2 Å².